The lowest BCUT2D eigenvalue weighted by atomic mass is 10.1. The van der Waals surface area contributed by atoms with Gasteiger partial charge in [-0.3, -0.25) is 4.79 Å². The topological polar surface area (TPSA) is 68.8 Å². The molecule has 0 bridgehead atoms. The number of nitrogens with one attached hydrogen (secondary N) is 2. The van der Waals surface area contributed by atoms with Crippen molar-refractivity contribution in [1.82, 2.24) is 10.6 Å². The lowest BCUT2D eigenvalue weighted by Crippen LogP contribution is -2.40. The summed E-state index contributed by atoms with van der Waals surface area (Å²) in [6.07, 6.45) is 0.818. The SMILES string of the molecule is COC1CNC(C(=O)NCc2cccc3c2OCO3)C1. The van der Waals surface area contributed by atoms with Gasteiger partial charge in [0.05, 0.1) is 12.1 Å². The van der Waals surface area contributed by atoms with E-state index in [2.05, 4.69) is 10.6 Å². The lowest BCUT2D eigenvalue weighted by Gasteiger charge is -2.12. The number of rotatable bonds is 4. The summed E-state index contributed by atoms with van der Waals surface area (Å²) in [7, 11) is 1.66. The molecule has 1 amide bonds. The van der Waals surface area contributed by atoms with Crippen molar-refractivity contribution in [3.05, 3.63) is 23.8 Å². The van der Waals surface area contributed by atoms with Crippen LogP contribution in [0, 0.1) is 0 Å². The van der Waals surface area contributed by atoms with Gasteiger partial charge in [-0.15, -0.1) is 0 Å². The predicted molar refractivity (Wildman–Crippen MR) is 71.6 cm³/mol. The number of amides is 1. The van der Waals surface area contributed by atoms with Crippen LogP contribution < -0.4 is 20.1 Å². The normalized spacial score (nSPS) is 23.9. The highest BCUT2D eigenvalue weighted by Crippen LogP contribution is 2.35. The number of carbonyl (C=O) groups excluding carboxylic acids is 1. The van der Waals surface area contributed by atoms with Crippen molar-refractivity contribution in [3.8, 4) is 11.5 Å². The maximum atomic E-state index is 12.1. The van der Waals surface area contributed by atoms with Gasteiger partial charge in [-0.2, -0.15) is 0 Å². The van der Waals surface area contributed by atoms with Gasteiger partial charge in [0.1, 0.15) is 0 Å². The van der Waals surface area contributed by atoms with Crippen molar-refractivity contribution in [2.45, 2.75) is 25.1 Å². The molecule has 6 nitrogen and oxygen atoms in total. The Morgan fingerprint density at radius 2 is 2.40 bits per heavy atom. The molecule has 2 aliphatic rings. The van der Waals surface area contributed by atoms with Gasteiger partial charge >= 0.3 is 0 Å². The fourth-order valence-electron chi connectivity index (χ4n) is 2.52. The maximum Gasteiger partial charge on any atom is 0.237 e. The molecule has 0 saturated carbocycles. The Hall–Kier alpha value is -1.79. The van der Waals surface area contributed by atoms with E-state index < -0.39 is 0 Å². The highest BCUT2D eigenvalue weighted by molar-refractivity contribution is 5.82. The van der Waals surface area contributed by atoms with Crippen molar-refractivity contribution in [1.29, 1.82) is 0 Å². The zero-order valence-electron chi connectivity index (χ0n) is 11.3. The first-order chi connectivity index (χ1) is 9.78. The van der Waals surface area contributed by atoms with E-state index in [1.165, 1.54) is 0 Å². The summed E-state index contributed by atoms with van der Waals surface area (Å²) in [6, 6.07) is 5.49. The molecule has 2 aliphatic heterocycles. The second kappa shape index (κ2) is 5.68. The molecule has 20 heavy (non-hydrogen) atoms. The van der Waals surface area contributed by atoms with Crippen LogP contribution in [0.2, 0.25) is 0 Å². The molecule has 1 aromatic rings. The van der Waals surface area contributed by atoms with E-state index >= 15 is 0 Å². The third kappa shape index (κ3) is 2.57. The van der Waals surface area contributed by atoms with Crippen LogP contribution in [0.25, 0.3) is 0 Å². The second-order valence-electron chi connectivity index (χ2n) is 4.92. The summed E-state index contributed by atoms with van der Waals surface area (Å²) in [6.45, 7) is 1.38. The molecule has 108 valence electrons. The Balaban J connectivity index is 1.57. The quantitative estimate of drug-likeness (QED) is 0.835. The number of hydrogen-bond donors (Lipinski definition) is 2. The molecule has 0 aromatic heterocycles. The Morgan fingerprint density at radius 1 is 1.50 bits per heavy atom. The third-order valence-electron chi connectivity index (χ3n) is 3.67. The van der Waals surface area contributed by atoms with E-state index in [1.807, 2.05) is 18.2 Å². The second-order valence-corrected chi connectivity index (χ2v) is 4.92. The van der Waals surface area contributed by atoms with E-state index in [-0.39, 0.29) is 24.8 Å². The monoisotopic (exact) mass is 278 g/mol. The third-order valence-corrected chi connectivity index (χ3v) is 3.67. The number of benzene rings is 1. The van der Waals surface area contributed by atoms with Crippen molar-refractivity contribution < 1.29 is 19.0 Å². The van der Waals surface area contributed by atoms with Crippen LogP contribution >= 0.6 is 0 Å². The molecular formula is C14H18N2O4. The molecule has 2 unspecified atom stereocenters. The van der Waals surface area contributed by atoms with E-state index in [0.29, 0.717) is 19.5 Å². The first kappa shape index (κ1) is 13.2. The Morgan fingerprint density at radius 3 is 3.20 bits per heavy atom. The van der Waals surface area contributed by atoms with Crippen molar-refractivity contribution >= 4 is 5.91 Å². The van der Waals surface area contributed by atoms with Crippen LogP contribution in [0.4, 0.5) is 0 Å². The summed E-state index contributed by atoms with van der Waals surface area (Å²) >= 11 is 0. The van der Waals surface area contributed by atoms with E-state index in [0.717, 1.165) is 17.1 Å². The van der Waals surface area contributed by atoms with Crippen LogP contribution in [-0.2, 0) is 16.1 Å². The molecule has 2 N–H and O–H groups in total. The Kier molecular flexibility index (Phi) is 3.75. The van der Waals surface area contributed by atoms with Crippen LogP contribution in [0.1, 0.15) is 12.0 Å². The summed E-state index contributed by atoms with van der Waals surface area (Å²) in [5.41, 5.74) is 0.926. The van der Waals surface area contributed by atoms with Gasteiger partial charge in [-0.05, 0) is 12.5 Å². The van der Waals surface area contributed by atoms with E-state index in [9.17, 15) is 4.79 Å². The van der Waals surface area contributed by atoms with Gasteiger partial charge in [0.25, 0.3) is 0 Å². The van der Waals surface area contributed by atoms with Crippen LogP contribution in [0.3, 0.4) is 0 Å². The van der Waals surface area contributed by atoms with Gasteiger partial charge < -0.3 is 24.8 Å². The minimum atomic E-state index is -0.186. The molecule has 0 aliphatic carbocycles. The molecule has 2 heterocycles. The zero-order chi connectivity index (χ0) is 13.9. The Labute approximate surface area is 117 Å². The van der Waals surface area contributed by atoms with Gasteiger partial charge in [-0.1, -0.05) is 12.1 Å². The summed E-state index contributed by atoms with van der Waals surface area (Å²) in [5.74, 6) is 1.44. The number of hydrogen-bond acceptors (Lipinski definition) is 5. The minimum Gasteiger partial charge on any atom is -0.454 e. The summed E-state index contributed by atoms with van der Waals surface area (Å²) in [5, 5.41) is 6.08. The van der Waals surface area contributed by atoms with Crippen molar-refractivity contribution in [2.75, 3.05) is 20.4 Å². The highest BCUT2D eigenvalue weighted by Gasteiger charge is 2.29. The number of fused-ring (bicyclic) bond motifs is 1. The standard InChI is InChI=1S/C14H18N2O4/c1-18-10-5-11(15-7-10)14(17)16-6-9-3-2-4-12-13(9)20-8-19-12/h2-4,10-11,15H,5-8H2,1H3,(H,16,17). The van der Waals surface area contributed by atoms with Gasteiger partial charge in [0.2, 0.25) is 12.7 Å². The lowest BCUT2D eigenvalue weighted by molar-refractivity contribution is -0.123. The van der Waals surface area contributed by atoms with Crippen molar-refractivity contribution in [2.24, 2.45) is 0 Å². The molecule has 3 rings (SSSR count). The Bertz CT molecular complexity index is 506. The van der Waals surface area contributed by atoms with Gasteiger partial charge in [-0.25, -0.2) is 0 Å². The van der Waals surface area contributed by atoms with Crippen LogP contribution in [0.15, 0.2) is 18.2 Å². The number of ether oxygens (including phenoxy) is 3. The molecular weight excluding hydrogens is 260 g/mol. The fraction of sp³-hybridized carbons (Fsp3) is 0.500. The van der Waals surface area contributed by atoms with Crippen LogP contribution in [-0.4, -0.2) is 38.5 Å². The zero-order valence-corrected chi connectivity index (χ0v) is 11.3. The average molecular weight is 278 g/mol. The first-order valence-corrected chi connectivity index (χ1v) is 6.69. The molecule has 6 heteroatoms. The van der Waals surface area contributed by atoms with Crippen molar-refractivity contribution in [3.63, 3.8) is 0 Å². The summed E-state index contributed by atoms with van der Waals surface area (Å²) in [4.78, 5) is 12.1. The van der Waals surface area contributed by atoms with E-state index in [4.69, 9.17) is 14.2 Å². The average Bonchev–Trinajstić information content (AvgIpc) is 3.13. The molecule has 1 aromatic carbocycles. The maximum absolute atomic E-state index is 12.1. The predicted octanol–water partition coefficient (Wildman–Crippen LogP) is 0.408. The first-order valence-electron chi connectivity index (χ1n) is 6.69. The highest BCUT2D eigenvalue weighted by atomic mass is 16.7. The minimum absolute atomic E-state index is 0.0129. The van der Waals surface area contributed by atoms with Gasteiger partial charge in [0.15, 0.2) is 11.5 Å². The molecule has 2 atom stereocenters. The summed E-state index contributed by atoms with van der Waals surface area (Å²) < 4.78 is 16.0. The number of carbonyl (C=O) groups is 1. The smallest absolute Gasteiger partial charge is 0.237 e. The molecule has 1 saturated heterocycles. The fourth-order valence-corrected chi connectivity index (χ4v) is 2.52. The number of methoxy groups -OCH3 is 1. The largest absolute Gasteiger partial charge is 0.454 e. The number of para-hydroxylation sites is 1. The molecule has 0 spiro atoms. The molecule has 0 radical (unpaired) electrons. The molecule has 1 fully saturated rings. The van der Waals surface area contributed by atoms with Gasteiger partial charge in [0, 0.05) is 25.8 Å². The van der Waals surface area contributed by atoms with Crippen LogP contribution in [0.5, 0.6) is 11.5 Å². The van der Waals surface area contributed by atoms with E-state index in [1.54, 1.807) is 7.11 Å².